The van der Waals surface area contributed by atoms with Crippen LogP contribution in [0.15, 0.2) is 140 Å². The summed E-state index contributed by atoms with van der Waals surface area (Å²) in [5.41, 5.74) is 2.20. The molecule has 2 fully saturated rings. The summed E-state index contributed by atoms with van der Waals surface area (Å²) in [5, 5.41) is 25.1. The fraction of sp³-hybridized carbons (Fsp3) is 0.262. The lowest BCUT2D eigenvalue weighted by Crippen LogP contribution is -2.60. The molecule has 0 unspecified atom stereocenters. The van der Waals surface area contributed by atoms with Gasteiger partial charge in [-0.05, 0) is 41.2 Å². The van der Waals surface area contributed by atoms with Gasteiger partial charge in [0.25, 0.3) is 0 Å². The zero-order valence-corrected chi connectivity index (χ0v) is 27.1. The minimum Gasteiger partial charge on any atom is -0.496 e. The van der Waals surface area contributed by atoms with Gasteiger partial charge in [0, 0.05) is 35.5 Å². The van der Waals surface area contributed by atoms with E-state index in [9.17, 15) is 15.0 Å². The summed E-state index contributed by atoms with van der Waals surface area (Å²) in [6.07, 6.45) is -0.712. The van der Waals surface area contributed by atoms with Gasteiger partial charge in [-0.1, -0.05) is 127 Å². The van der Waals surface area contributed by atoms with Crippen LogP contribution in [-0.4, -0.2) is 47.3 Å². The normalized spacial score (nSPS) is 22.9. The number of hydrogen-bond acceptors (Lipinski definition) is 5. The van der Waals surface area contributed by atoms with E-state index in [1.54, 1.807) is 7.11 Å². The zero-order chi connectivity index (χ0) is 33.1. The molecule has 4 atom stereocenters. The van der Waals surface area contributed by atoms with Crippen LogP contribution >= 0.6 is 0 Å². The molecule has 0 bridgehead atoms. The molecule has 2 aliphatic rings. The summed E-state index contributed by atoms with van der Waals surface area (Å²) in [6.45, 7) is 1.11. The van der Waals surface area contributed by atoms with Gasteiger partial charge in [0.1, 0.15) is 23.7 Å². The van der Waals surface area contributed by atoms with Gasteiger partial charge in [0.15, 0.2) is 0 Å². The first kappa shape index (κ1) is 31.7. The van der Waals surface area contributed by atoms with Crippen LogP contribution < -0.4 is 9.47 Å². The predicted molar refractivity (Wildman–Crippen MR) is 186 cm³/mol. The lowest BCUT2D eigenvalue weighted by atomic mass is 9.51. The highest BCUT2D eigenvalue weighted by Gasteiger charge is 2.64. The van der Waals surface area contributed by atoms with Crippen molar-refractivity contribution in [2.24, 2.45) is 11.8 Å². The van der Waals surface area contributed by atoms with E-state index < -0.39 is 23.0 Å². The van der Waals surface area contributed by atoms with Gasteiger partial charge in [0.05, 0.1) is 19.6 Å². The number of amides is 1. The van der Waals surface area contributed by atoms with Crippen molar-refractivity contribution in [3.63, 3.8) is 0 Å². The van der Waals surface area contributed by atoms with Gasteiger partial charge in [0.2, 0.25) is 5.91 Å². The molecule has 6 heteroatoms. The maximum atomic E-state index is 14.3. The molecule has 48 heavy (non-hydrogen) atoms. The molecule has 1 amide bonds. The van der Waals surface area contributed by atoms with Crippen LogP contribution in [0.1, 0.15) is 34.2 Å². The predicted octanol–water partition coefficient (Wildman–Crippen LogP) is 6.53. The molecule has 1 aliphatic heterocycles. The summed E-state index contributed by atoms with van der Waals surface area (Å²) in [4.78, 5) is 16.2. The molecule has 0 aromatic heterocycles. The third kappa shape index (κ3) is 5.55. The number of para-hydroxylation sites is 2. The van der Waals surface area contributed by atoms with Crippen molar-refractivity contribution in [3.05, 3.63) is 167 Å². The van der Waals surface area contributed by atoms with Crippen LogP contribution in [0.5, 0.6) is 11.5 Å². The van der Waals surface area contributed by atoms with Crippen LogP contribution in [-0.2, 0) is 28.8 Å². The van der Waals surface area contributed by atoms with Crippen molar-refractivity contribution in [2.75, 3.05) is 20.2 Å². The van der Waals surface area contributed by atoms with Crippen molar-refractivity contribution in [2.45, 2.75) is 36.6 Å². The number of aliphatic hydroxyl groups is 2. The van der Waals surface area contributed by atoms with Crippen LogP contribution in [0, 0.1) is 11.8 Å². The quantitative estimate of drug-likeness (QED) is 0.192. The van der Waals surface area contributed by atoms with Crippen molar-refractivity contribution in [1.29, 1.82) is 0 Å². The first-order valence-electron chi connectivity index (χ1n) is 16.6. The highest BCUT2D eigenvalue weighted by atomic mass is 16.5. The summed E-state index contributed by atoms with van der Waals surface area (Å²) in [5.74, 6) is 0.432. The van der Waals surface area contributed by atoms with Crippen LogP contribution in [0.2, 0.25) is 0 Å². The van der Waals surface area contributed by atoms with Gasteiger partial charge >= 0.3 is 0 Å². The third-order valence-electron chi connectivity index (χ3n) is 10.6. The van der Waals surface area contributed by atoms with E-state index in [1.165, 1.54) is 0 Å². The highest BCUT2D eigenvalue weighted by molar-refractivity contribution is 5.80. The molecule has 2 N–H and O–H groups in total. The van der Waals surface area contributed by atoms with Crippen LogP contribution in [0.3, 0.4) is 0 Å². The Balaban J connectivity index is 1.28. The molecule has 0 radical (unpaired) electrons. The number of rotatable bonds is 9. The number of carbonyl (C=O) groups excluding carboxylic acids is 1. The maximum Gasteiger partial charge on any atom is 0.227 e. The minimum absolute atomic E-state index is 0.0490. The fourth-order valence-electron chi connectivity index (χ4n) is 8.27. The monoisotopic (exact) mass is 639 g/mol. The lowest BCUT2D eigenvalue weighted by Gasteiger charge is -2.55. The Morgan fingerprint density at radius 2 is 1.27 bits per heavy atom. The lowest BCUT2D eigenvalue weighted by molar-refractivity contribution is -0.168. The van der Waals surface area contributed by atoms with Crippen LogP contribution in [0.4, 0.5) is 0 Å². The number of ether oxygens (including phenoxy) is 2. The van der Waals surface area contributed by atoms with E-state index in [4.69, 9.17) is 9.47 Å². The molecule has 1 aliphatic carbocycles. The van der Waals surface area contributed by atoms with E-state index in [-0.39, 0.29) is 31.2 Å². The Kier molecular flexibility index (Phi) is 8.78. The topological polar surface area (TPSA) is 79.2 Å². The van der Waals surface area contributed by atoms with E-state index in [0.29, 0.717) is 30.2 Å². The molecule has 5 aromatic rings. The van der Waals surface area contributed by atoms with Crippen molar-refractivity contribution >= 4 is 5.91 Å². The van der Waals surface area contributed by atoms with Crippen molar-refractivity contribution in [3.8, 4) is 11.5 Å². The minimum atomic E-state index is -1.66. The first-order valence-corrected chi connectivity index (χ1v) is 16.6. The van der Waals surface area contributed by atoms with E-state index in [2.05, 4.69) is 24.3 Å². The number of benzene rings is 5. The molecule has 6 nitrogen and oxygen atoms in total. The second kappa shape index (κ2) is 13.3. The summed E-state index contributed by atoms with van der Waals surface area (Å²) < 4.78 is 11.9. The number of methoxy groups -OCH3 is 1. The molecular weight excluding hydrogens is 598 g/mol. The van der Waals surface area contributed by atoms with E-state index in [1.807, 2.05) is 120 Å². The number of aliphatic hydroxyl groups excluding tert-OH is 1. The Morgan fingerprint density at radius 1 is 0.729 bits per heavy atom. The smallest absolute Gasteiger partial charge is 0.227 e. The number of likely N-dealkylation sites (tertiary alicyclic amines) is 1. The SMILES string of the molecule is COc1ccccc1[C@@]1(O)[C@H](O)CC(c2ccccc2)(c2ccccc2)[C@@H]2CN(C(=O)Cc3ccccc3OCc3ccccc3)C[C@@H]21. The largest absolute Gasteiger partial charge is 0.496 e. The fourth-order valence-corrected chi connectivity index (χ4v) is 8.27. The molecule has 5 aromatic carbocycles. The highest BCUT2D eigenvalue weighted by Crippen LogP contribution is 2.60. The standard InChI is InChI=1S/C42H41NO5/c1-47-38-24-14-12-22-34(38)42(46)36-28-43(40(45)25-31-17-11-13-23-37(31)48-29-30-15-5-2-6-16-30)27-35(36)41(26-39(42)44,32-18-7-3-8-19-32)33-20-9-4-10-21-33/h2-24,35-36,39,44,46H,25-29H2,1H3/t35-,36+,39-,42+/m1/s1. The number of carbonyl (C=O) groups is 1. The average molecular weight is 640 g/mol. The van der Waals surface area contributed by atoms with Crippen LogP contribution in [0.25, 0.3) is 0 Å². The van der Waals surface area contributed by atoms with Crippen molar-refractivity contribution in [1.82, 2.24) is 4.90 Å². The number of hydrogen-bond donors (Lipinski definition) is 2. The van der Waals surface area contributed by atoms with Crippen molar-refractivity contribution < 1.29 is 24.5 Å². The van der Waals surface area contributed by atoms with E-state index in [0.717, 1.165) is 22.3 Å². The first-order chi connectivity index (χ1) is 23.4. The second-order valence-corrected chi connectivity index (χ2v) is 13.0. The van der Waals surface area contributed by atoms with Gasteiger partial charge in [-0.15, -0.1) is 0 Å². The van der Waals surface area contributed by atoms with Gasteiger partial charge in [-0.2, -0.15) is 0 Å². The Hall–Kier alpha value is -4.91. The Morgan fingerprint density at radius 3 is 1.92 bits per heavy atom. The molecule has 244 valence electrons. The van der Waals surface area contributed by atoms with Gasteiger partial charge < -0.3 is 24.6 Å². The summed E-state index contributed by atoms with van der Waals surface area (Å²) >= 11 is 0. The Labute approximate surface area is 282 Å². The molecule has 0 spiro atoms. The average Bonchev–Trinajstić information content (AvgIpc) is 3.61. The molecule has 7 rings (SSSR count). The van der Waals surface area contributed by atoms with E-state index >= 15 is 0 Å². The molecular formula is C42H41NO5. The number of fused-ring (bicyclic) bond motifs is 1. The summed E-state index contributed by atoms with van der Waals surface area (Å²) in [7, 11) is 1.58. The summed E-state index contributed by atoms with van der Waals surface area (Å²) in [6, 6.07) is 45.5. The molecule has 1 heterocycles. The third-order valence-corrected chi connectivity index (χ3v) is 10.6. The zero-order valence-electron chi connectivity index (χ0n) is 27.1. The number of nitrogens with zero attached hydrogens (tertiary/aromatic N) is 1. The maximum absolute atomic E-state index is 14.3. The molecule has 1 saturated carbocycles. The molecule has 1 saturated heterocycles. The van der Waals surface area contributed by atoms with Gasteiger partial charge in [-0.25, -0.2) is 0 Å². The second-order valence-electron chi connectivity index (χ2n) is 13.0. The Bertz CT molecular complexity index is 1810. The van der Waals surface area contributed by atoms with Gasteiger partial charge in [-0.3, -0.25) is 4.79 Å².